The van der Waals surface area contributed by atoms with Crippen LogP contribution in [0.25, 0.3) is 10.2 Å². The van der Waals surface area contributed by atoms with Gasteiger partial charge in [0.1, 0.15) is 16.5 Å². The summed E-state index contributed by atoms with van der Waals surface area (Å²) in [5, 5.41) is 5.15. The summed E-state index contributed by atoms with van der Waals surface area (Å²) in [5.41, 5.74) is 1.49. The van der Waals surface area contributed by atoms with E-state index in [0.29, 0.717) is 5.25 Å². The molecule has 2 heterocycles. The molecule has 0 radical (unpaired) electrons. The standard InChI is InChI=1S/C14H19N3S2/c1-8(2)18-7-11-16-13(15-3)12-9-5-4-6-10(9)19-14(12)17-11/h8H,4-7H2,1-3H3,(H,15,16,17). The zero-order valence-corrected chi connectivity index (χ0v) is 13.2. The predicted octanol–water partition coefficient (Wildman–Crippen LogP) is 3.86. The minimum absolute atomic E-state index is 0.616. The Morgan fingerprint density at radius 1 is 1.32 bits per heavy atom. The normalized spacial score (nSPS) is 14.3. The van der Waals surface area contributed by atoms with Gasteiger partial charge in [0.2, 0.25) is 0 Å². The van der Waals surface area contributed by atoms with Crippen LogP contribution in [0, 0.1) is 0 Å². The van der Waals surface area contributed by atoms with Gasteiger partial charge in [-0.3, -0.25) is 0 Å². The third-order valence-electron chi connectivity index (χ3n) is 3.39. The van der Waals surface area contributed by atoms with Crippen molar-refractivity contribution in [2.45, 2.75) is 44.1 Å². The van der Waals surface area contributed by atoms with E-state index in [9.17, 15) is 0 Å². The van der Waals surface area contributed by atoms with E-state index in [0.717, 1.165) is 17.4 Å². The van der Waals surface area contributed by atoms with Crippen molar-refractivity contribution in [1.29, 1.82) is 0 Å². The lowest BCUT2D eigenvalue weighted by atomic mass is 10.2. The van der Waals surface area contributed by atoms with Gasteiger partial charge < -0.3 is 5.32 Å². The van der Waals surface area contributed by atoms with Gasteiger partial charge in [0.15, 0.2) is 0 Å². The molecule has 1 aliphatic carbocycles. The summed E-state index contributed by atoms with van der Waals surface area (Å²) in [7, 11) is 1.96. The number of aryl methyl sites for hydroxylation is 2. The van der Waals surface area contributed by atoms with Crippen molar-refractivity contribution in [3.63, 3.8) is 0 Å². The van der Waals surface area contributed by atoms with Crippen molar-refractivity contribution >= 4 is 39.1 Å². The molecule has 0 spiro atoms. The Morgan fingerprint density at radius 2 is 2.16 bits per heavy atom. The molecule has 0 saturated heterocycles. The SMILES string of the molecule is CNc1nc(CSC(C)C)nc2sc3c(c12)CCC3. The first-order valence-electron chi connectivity index (χ1n) is 6.79. The van der Waals surface area contributed by atoms with Crippen LogP contribution in [0.3, 0.4) is 0 Å². The number of rotatable bonds is 4. The highest BCUT2D eigenvalue weighted by Gasteiger charge is 2.21. The first-order valence-corrected chi connectivity index (χ1v) is 8.66. The highest BCUT2D eigenvalue weighted by molar-refractivity contribution is 7.99. The summed E-state index contributed by atoms with van der Waals surface area (Å²) in [6.45, 7) is 4.42. The van der Waals surface area contributed by atoms with E-state index >= 15 is 0 Å². The van der Waals surface area contributed by atoms with Gasteiger partial charge in [0.05, 0.1) is 11.1 Å². The van der Waals surface area contributed by atoms with Crippen LogP contribution in [0.5, 0.6) is 0 Å². The summed E-state index contributed by atoms with van der Waals surface area (Å²) in [6.07, 6.45) is 3.69. The van der Waals surface area contributed by atoms with Gasteiger partial charge in [-0.2, -0.15) is 11.8 Å². The second-order valence-corrected chi connectivity index (χ2v) is 7.78. The Morgan fingerprint density at radius 3 is 2.89 bits per heavy atom. The van der Waals surface area contributed by atoms with Crippen LogP contribution in [0.2, 0.25) is 0 Å². The van der Waals surface area contributed by atoms with Crippen LogP contribution in [0.15, 0.2) is 0 Å². The fraction of sp³-hybridized carbons (Fsp3) is 0.571. The summed E-state index contributed by atoms with van der Waals surface area (Å²) in [5.74, 6) is 2.87. The van der Waals surface area contributed by atoms with Crippen molar-refractivity contribution in [3.8, 4) is 0 Å². The maximum absolute atomic E-state index is 4.77. The molecule has 0 unspecified atom stereocenters. The molecule has 0 bridgehead atoms. The van der Waals surface area contributed by atoms with Crippen molar-refractivity contribution in [2.24, 2.45) is 0 Å². The van der Waals surface area contributed by atoms with E-state index in [1.807, 2.05) is 30.1 Å². The molecule has 0 aromatic carbocycles. The third-order valence-corrected chi connectivity index (χ3v) is 5.67. The Balaban J connectivity index is 2.04. The van der Waals surface area contributed by atoms with Gasteiger partial charge in [-0.1, -0.05) is 13.8 Å². The van der Waals surface area contributed by atoms with E-state index < -0.39 is 0 Å². The summed E-state index contributed by atoms with van der Waals surface area (Å²) in [4.78, 5) is 12.2. The maximum atomic E-state index is 4.77. The molecule has 0 atom stereocenters. The lowest BCUT2D eigenvalue weighted by Crippen LogP contribution is -2.01. The molecule has 0 saturated carbocycles. The number of thioether (sulfide) groups is 1. The summed E-state index contributed by atoms with van der Waals surface area (Å²) in [6, 6.07) is 0. The first-order chi connectivity index (χ1) is 9.19. The third kappa shape index (κ3) is 2.46. The van der Waals surface area contributed by atoms with E-state index in [-0.39, 0.29) is 0 Å². The van der Waals surface area contributed by atoms with Crippen molar-refractivity contribution < 1.29 is 0 Å². The molecule has 1 N–H and O–H groups in total. The average Bonchev–Trinajstić information content (AvgIpc) is 2.95. The van der Waals surface area contributed by atoms with Crippen LogP contribution < -0.4 is 5.32 Å². The molecule has 0 amide bonds. The van der Waals surface area contributed by atoms with E-state index in [1.54, 1.807) is 0 Å². The van der Waals surface area contributed by atoms with Gasteiger partial charge in [-0.05, 0) is 30.1 Å². The molecule has 2 aromatic heterocycles. The van der Waals surface area contributed by atoms with Crippen LogP contribution in [0.1, 0.15) is 36.5 Å². The van der Waals surface area contributed by atoms with Crippen molar-refractivity contribution in [2.75, 3.05) is 12.4 Å². The number of hydrogen-bond acceptors (Lipinski definition) is 5. The lowest BCUT2D eigenvalue weighted by Gasteiger charge is -2.08. The number of anilines is 1. The smallest absolute Gasteiger partial charge is 0.142 e. The van der Waals surface area contributed by atoms with Gasteiger partial charge in [-0.25, -0.2) is 9.97 Å². The highest BCUT2D eigenvalue weighted by Crippen LogP contribution is 2.39. The number of nitrogens with zero attached hydrogens (tertiary/aromatic N) is 2. The van der Waals surface area contributed by atoms with Gasteiger partial charge in [0, 0.05) is 11.9 Å². The zero-order valence-electron chi connectivity index (χ0n) is 11.6. The second kappa shape index (κ2) is 5.29. The Labute approximate surface area is 122 Å². The molecule has 5 heteroatoms. The van der Waals surface area contributed by atoms with Crippen LogP contribution >= 0.6 is 23.1 Å². The minimum Gasteiger partial charge on any atom is -0.372 e. The number of fused-ring (bicyclic) bond motifs is 3. The molecule has 1 aliphatic rings. The fourth-order valence-electron chi connectivity index (χ4n) is 2.53. The molecule has 3 nitrogen and oxygen atoms in total. The lowest BCUT2D eigenvalue weighted by molar-refractivity contribution is 0.916. The molecule has 102 valence electrons. The maximum Gasteiger partial charge on any atom is 0.142 e. The van der Waals surface area contributed by atoms with Crippen LogP contribution in [0.4, 0.5) is 5.82 Å². The largest absolute Gasteiger partial charge is 0.372 e. The Hall–Kier alpha value is -0.810. The first kappa shape index (κ1) is 13.2. The quantitative estimate of drug-likeness (QED) is 0.929. The van der Waals surface area contributed by atoms with Crippen molar-refractivity contribution in [3.05, 3.63) is 16.3 Å². The molecule has 0 aliphatic heterocycles. The zero-order chi connectivity index (χ0) is 13.4. The minimum atomic E-state index is 0.616. The van der Waals surface area contributed by atoms with Crippen molar-refractivity contribution in [1.82, 2.24) is 9.97 Å². The molecule has 2 aromatic rings. The van der Waals surface area contributed by atoms with E-state index in [4.69, 9.17) is 9.97 Å². The number of hydrogen-bond donors (Lipinski definition) is 1. The summed E-state index contributed by atoms with van der Waals surface area (Å²) < 4.78 is 0. The fourth-order valence-corrected chi connectivity index (χ4v) is 4.42. The molecular weight excluding hydrogens is 274 g/mol. The topological polar surface area (TPSA) is 37.8 Å². The van der Waals surface area contributed by atoms with Crippen LogP contribution in [-0.2, 0) is 18.6 Å². The molecule has 0 fully saturated rings. The van der Waals surface area contributed by atoms with Gasteiger partial charge in [-0.15, -0.1) is 11.3 Å². The Bertz CT molecular complexity index is 604. The summed E-state index contributed by atoms with van der Waals surface area (Å²) >= 11 is 3.76. The monoisotopic (exact) mass is 293 g/mol. The van der Waals surface area contributed by atoms with Gasteiger partial charge in [0.25, 0.3) is 0 Å². The second-order valence-electron chi connectivity index (χ2n) is 5.14. The predicted molar refractivity (Wildman–Crippen MR) is 85.4 cm³/mol. The van der Waals surface area contributed by atoms with Crippen LogP contribution in [-0.4, -0.2) is 22.3 Å². The average molecular weight is 293 g/mol. The molecular formula is C14H19N3S2. The van der Waals surface area contributed by atoms with E-state index in [2.05, 4.69) is 19.2 Å². The number of aromatic nitrogens is 2. The highest BCUT2D eigenvalue weighted by atomic mass is 32.2. The van der Waals surface area contributed by atoms with E-state index in [1.165, 1.54) is 39.9 Å². The Kier molecular flexibility index (Phi) is 3.67. The van der Waals surface area contributed by atoms with Gasteiger partial charge >= 0.3 is 0 Å². The molecule has 3 rings (SSSR count). The number of thiophene rings is 1. The number of nitrogens with one attached hydrogen (secondary N) is 1. The molecule has 19 heavy (non-hydrogen) atoms.